The molecule has 0 aliphatic carbocycles. The van der Waals surface area contributed by atoms with Crippen molar-refractivity contribution in [2.24, 2.45) is 0 Å². The highest BCUT2D eigenvalue weighted by molar-refractivity contribution is 9.10. The van der Waals surface area contributed by atoms with Gasteiger partial charge in [0.1, 0.15) is 12.8 Å². The third kappa shape index (κ3) is 12.9. The van der Waals surface area contributed by atoms with Crippen LogP contribution in [-0.2, 0) is 20.7 Å². The number of hydrogen-bond acceptors (Lipinski definition) is 5. The zero-order valence-corrected chi connectivity index (χ0v) is 15.8. The van der Waals surface area contributed by atoms with E-state index in [2.05, 4.69) is 26.6 Å². The summed E-state index contributed by atoms with van der Waals surface area (Å²) >= 11 is 3.33. The summed E-state index contributed by atoms with van der Waals surface area (Å²) in [6, 6.07) is 7.81. The normalized spacial score (nSPS) is 11.0. The molecule has 1 aromatic carbocycles. The summed E-state index contributed by atoms with van der Waals surface area (Å²) in [5.41, 5.74) is 1.12. The zero-order valence-electron chi connectivity index (χ0n) is 14.2. The summed E-state index contributed by atoms with van der Waals surface area (Å²) in [6.45, 7) is 4.58. The summed E-state index contributed by atoms with van der Waals surface area (Å²) in [5.74, 6) is -0.287. The molecule has 1 aromatic rings. The smallest absolute Gasteiger partial charge is 0.404 e. The Balaban J connectivity index is 0.000000449. The van der Waals surface area contributed by atoms with Gasteiger partial charge in [-0.3, -0.25) is 10.1 Å². The SMILES string of the molecule is CCOC(COC(C)=O)NC.O=C(O)NCCc1ccc(Br)cc1. The molecular weight excluding hydrogens is 380 g/mol. The lowest BCUT2D eigenvalue weighted by Crippen LogP contribution is -2.33. The van der Waals surface area contributed by atoms with Crippen LogP contribution in [0.5, 0.6) is 0 Å². The van der Waals surface area contributed by atoms with Crippen LogP contribution in [-0.4, -0.2) is 50.2 Å². The van der Waals surface area contributed by atoms with Crippen molar-refractivity contribution in [2.75, 3.05) is 26.8 Å². The van der Waals surface area contributed by atoms with Crippen LogP contribution in [0.4, 0.5) is 4.79 Å². The number of amides is 1. The minimum absolute atomic E-state index is 0.191. The first-order chi connectivity index (χ1) is 11.4. The van der Waals surface area contributed by atoms with Gasteiger partial charge in [-0.15, -0.1) is 0 Å². The Hall–Kier alpha value is -1.64. The Labute approximate surface area is 150 Å². The van der Waals surface area contributed by atoms with Gasteiger partial charge in [-0.2, -0.15) is 0 Å². The van der Waals surface area contributed by atoms with Crippen molar-refractivity contribution in [1.29, 1.82) is 0 Å². The molecule has 7 nitrogen and oxygen atoms in total. The maximum Gasteiger partial charge on any atom is 0.404 e. The molecule has 1 atom stereocenters. The van der Waals surface area contributed by atoms with Crippen molar-refractivity contribution in [2.45, 2.75) is 26.5 Å². The van der Waals surface area contributed by atoms with Gasteiger partial charge in [-0.05, 0) is 38.1 Å². The van der Waals surface area contributed by atoms with Crippen LogP contribution in [0.1, 0.15) is 19.4 Å². The fourth-order valence-electron chi connectivity index (χ4n) is 1.57. The van der Waals surface area contributed by atoms with Crippen LogP contribution in [0.25, 0.3) is 0 Å². The lowest BCUT2D eigenvalue weighted by atomic mass is 10.1. The molecule has 1 unspecified atom stereocenters. The fourth-order valence-corrected chi connectivity index (χ4v) is 1.84. The number of ether oxygens (including phenoxy) is 2. The van der Waals surface area contributed by atoms with Crippen molar-refractivity contribution in [3.05, 3.63) is 34.3 Å². The molecule has 0 bridgehead atoms. The molecule has 0 saturated carbocycles. The average molecular weight is 405 g/mol. The van der Waals surface area contributed by atoms with Crippen molar-refractivity contribution in [1.82, 2.24) is 10.6 Å². The summed E-state index contributed by atoms with van der Waals surface area (Å²) < 4.78 is 10.9. The number of carbonyl (C=O) groups excluding carboxylic acids is 1. The number of carboxylic acid groups (broad SMARTS) is 1. The number of carbonyl (C=O) groups is 2. The number of benzene rings is 1. The summed E-state index contributed by atoms with van der Waals surface area (Å²) in [4.78, 5) is 20.5. The predicted molar refractivity (Wildman–Crippen MR) is 95.0 cm³/mol. The van der Waals surface area contributed by atoms with Crippen molar-refractivity contribution in [3.8, 4) is 0 Å². The standard InChI is InChI=1S/C9H10BrNO2.C7H15NO3/c10-8-3-1-7(2-4-8)5-6-11-9(12)13;1-4-10-7(8-3)5-11-6(2)9/h1-4,11H,5-6H2,(H,12,13);7-8H,4-5H2,1-3H3. The largest absolute Gasteiger partial charge is 0.465 e. The van der Waals surface area contributed by atoms with E-state index in [0.717, 1.165) is 16.5 Å². The summed E-state index contributed by atoms with van der Waals surface area (Å²) in [6.07, 6.45) is -0.444. The van der Waals surface area contributed by atoms with E-state index < -0.39 is 6.09 Å². The Morgan fingerprint density at radius 2 is 1.92 bits per heavy atom. The Bertz CT molecular complexity index is 482. The van der Waals surface area contributed by atoms with E-state index in [9.17, 15) is 9.59 Å². The Morgan fingerprint density at radius 3 is 2.38 bits per heavy atom. The maximum absolute atomic E-state index is 10.4. The number of esters is 1. The molecule has 0 aliphatic heterocycles. The van der Waals surface area contributed by atoms with Crippen molar-refractivity contribution >= 4 is 28.0 Å². The maximum atomic E-state index is 10.4. The fraction of sp³-hybridized carbons (Fsp3) is 0.500. The molecule has 0 fully saturated rings. The summed E-state index contributed by atoms with van der Waals surface area (Å²) in [7, 11) is 1.75. The third-order valence-electron chi connectivity index (χ3n) is 2.73. The number of rotatable bonds is 8. The molecule has 0 saturated heterocycles. The van der Waals surface area contributed by atoms with E-state index in [0.29, 0.717) is 13.2 Å². The molecule has 0 aliphatic rings. The molecule has 0 aromatic heterocycles. The highest BCUT2D eigenvalue weighted by atomic mass is 79.9. The van der Waals surface area contributed by atoms with Gasteiger partial charge in [-0.25, -0.2) is 4.79 Å². The molecule has 1 amide bonds. The number of likely N-dealkylation sites (N-methyl/N-ethyl adjacent to an activating group) is 1. The van der Waals surface area contributed by atoms with Gasteiger partial charge in [-0.1, -0.05) is 28.1 Å². The number of hydrogen-bond donors (Lipinski definition) is 3. The van der Waals surface area contributed by atoms with E-state index in [-0.39, 0.29) is 18.8 Å². The second kappa shape index (κ2) is 13.8. The van der Waals surface area contributed by atoms with Crippen LogP contribution in [0.15, 0.2) is 28.7 Å². The van der Waals surface area contributed by atoms with Crippen molar-refractivity contribution < 1.29 is 24.2 Å². The van der Waals surface area contributed by atoms with E-state index >= 15 is 0 Å². The van der Waals surface area contributed by atoms with E-state index in [1.807, 2.05) is 31.2 Å². The van der Waals surface area contributed by atoms with E-state index in [1.54, 1.807) is 7.05 Å². The van der Waals surface area contributed by atoms with Gasteiger partial charge >= 0.3 is 12.1 Å². The first-order valence-electron chi connectivity index (χ1n) is 7.52. The number of nitrogens with one attached hydrogen (secondary N) is 2. The second-order valence-electron chi connectivity index (χ2n) is 4.64. The first-order valence-corrected chi connectivity index (χ1v) is 8.31. The summed E-state index contributed by atoms with van der Waals surface area (Å²) in [5, 5.41) is 13.5. The van der Waals surface area contributed by atoms with Gasteiger partial charge in [0.05, 0.1) is 0 Å². The van der Waals surface area contributed by atoms with Gasteiger partial charge in [0.2, 0.25) is 0 Å². The third-order valence-corrected chi connectivity index (χ3v) is 3.26. The zero-order chi connectivity index (χ0) is 18.4. The predicted octanol–water partition coefficient (Wildman–Crippen LogP) is 2.39. The van der Waals surface area contributed by atoms with Gasteiger partial charge in [0.15, 0.2) is 0 Å². The molecule has 136 valence electrons. The molecule has 1 rings (SSSR count). The quantitative estimate of drug-likeness (QED) is 0.454. The molecule has 0 spiro atoms. The van der Waals surface area contributed by atoms with Crippen LogP contribution >= 0.6 is 15.9 Å². The van der Waals surface area contributed by atoms with Crippen molar-refractivity contribution in [3.63, 3.8) is 0 Å². The molecular formula is C16H25BrN2O5. The van der Waals surface area contributed by atoms with Crippen LogP contribution in [0.2, 0.25) is 0 Å². The van der Waals surface area contributed by atoms with Gasteiger partial charge in [0.25, 0.3) is 0 Å². The molecule has 0 radical (unpaired) electrons. The topological polar surface area (TPSA) is 96.9 Å². The minimum Gasteiger partial charge on any atom is -0.465 e. The van der Waals surface area contributed by atoms with E-state index in [1.165, 1.54) is 6.92 Å². The van der Waals surface area contributed by atoms with Crippen LogP contribution in [0, 0.1) is 0 Å². The molecule has 24 heavy (non-hydrogen) atoms. The van der Waals surface area contributed by atoms with Gasteiger partial charge in [0, 0.05) is 24.5 Å². The lowest BCUT2D eigenvalue weighted by molar-refractivity contribution is -0.145. The number of halogens is 1. The van der Waals surface area contributed by atoms with E-state index in [4.69, 9.17) is 14.6 Å². The van der Waals surface area contributed by atoms with Gasteiger partial charge < -0.3 is 19.9 Å². The molecule has 8 heteroatoms. The highest BCUT2D eigenvalue weighted by Gasteiger charge is 2.05. The van der Waals surface area contributed by atoms with Crippen LogP contribution < -0.4 is 10.6 Å². The second-order valence-corrected chi connectivity index (χ2v) is 5.56. The first kappa shape index (κ1) is 22.4. The average Bonchev–Trinajstić information content (AvgIpc) is 2.53. The highest BCUT2D eigenvalue weighted by Crippen LogP contribution is 2.10. The monoisotopic (exact) mass is 404 g/mol. The lowest BCUT2D eigenvalue weighted by Gasteiger charge is -2.14. The van der Waals surface area contributed by atoms with Crippen LogP contribution in [0.3, 0.4) is 0 Å². The Morgan fingerprint density at radius 1 is 1.29 bits per heavy atom. The minimum atomic E-state index is -0.975. The Kier molecular flexibility index (Phi) is 12.8. The molecule has 0 heterocycles. The molecule has 3 N–H and O–H groups in total.